The molecule has 4 aromatic rings. The molecule has 0 unspecified atom stereocenters. The summed E-state index contributed by atoms with van der Waals surface area (Å²) in [4.78, 5) is 12.5. The van der Waals surface area contributed by atoms with Gasteiger partial charge in [0.1, 0.15) is 23.5 Å². The van der Waals surface area contributed by atoms with E-state index in [1.807, 2.05) is 50.2 Å². The number of benzene rings is 2. The van der Waals surface area contributed by atoms with Gasteiger partial charge in [-0.2, -0.15) is 0 Å². The molecular weight excluding hydrogens is 402 g/mol. The van der Waals surface area contributed by atoms with Gasteiger partial charge in [-0.25, -0.2) is 15.0 Å². The third kappa shape index (κ3) is 4.60. The van der Waals surface area contributed by atoms with Crippen molar-refractivity contribution in [2.24, 2.45) is 0 Å². The highest BCUT2D eigenvalue weighted by Gasteiger charge is 2.21. The number of nitrogens with one attached hydrogen (secondary N) is 3. The first kappa shape index (κ1) is 21.5. The van der Waals surface area contributed by atoms with E-state index in [0.29, 0.717) is 29.0 Å². The number of nitrogens with two attached hydrogens (primary N) is 1. The van der Waals surface area contributed by atoms with Crippen LogP contribution in [0.2, 0.25) is 0 Å². The summed E-state index contributed by atoms with van der Waals surface area (Å²) in [6.45, 7) is 7.76. The van der Waals surface area contributed by atoms with Gasteiger partial charge in [0.2, 0.25) is 0 Å². The molecule has 3 heterocycles. The number of rotatable bonds is 4. The summed E-state index contributed by atoms with van der Waals surface area (Å²) in [5.74, 6) is 1.68. The van der Waals surface area contributed by atoms with Crippen LogP contribution in [-0.4, -0.2) is 39.8 Å². The zero-order valence-electron chi connectivity index (χ0n) is 18.4. The van der Waals surface area contributed by atoms with E-state index in [-0.39, 0.29) is 0 Å². The Balaban J connectivity index is 0.000000174. The van der Waals surface area contributed by atoms with Crippen molar-refractivity contribution < 1.29 is 4.42 Å². The maximum atomic E-state index is 8.36. The Hall–Kier alpha value is -3.78. The molecule has 0 bridgehead atoms. The Bertz CT molecular complexity index is 1250. The molecule has 0 atom stereocenters. The van der Waals surface area contributed by atoms with E-state index in [0.717, 1.165) is 41.2 Å². The molecule has 2 aromatic heterocycles. The fourth-order valence-electron chi connectivity index (χ4n) is 3.58. The Kier molecular flexibility index (Phi) is 6.13. The van der Waals surface area contributed by atoms with Crippen molar-refractivity contribution in [3.05, 3.63) is 76.9 Å². The number of aromatic nitrogens is 3. The SMILES string of the molecule is Cc1cc(C)c2oc(C)nc2c1.N=C(c1ccccc1)c1c(N)ncnc1NC1CNC1. The first-order chi connectivity index (χ1) is 15.4. The number of nitrogens with zero attached hydrogens (tertiary/aromatic N) is 3. The van der Waals surface area contributed by atoms with Crippen LogP contribution < -0.4 is 16.4 Å². The molecule has 1 saturated heterocycles. The highest BCUT2D eigenvalue weighted by atomic mass is 16.3. The topological polar surface area (TPSA) is 126 Å². The molecule has 5 N–H and O–H groups in total. The molecule has 0 saturated carbocycles. The zero-order chi connectivity index (χ0) is 22.7. The van der Waals surface area contributed by atoms with Gasteiger partial charge in [-0.1, -0.05) is 36.4 Å². The Morgan fingerprint density at radius 1 is 1.12 bits per heavy atom. The third-order valence-electron chi connectivity index (χ3n) is 5.24. The normalized spacial score (nSPS) is 13.2. The Morgan fingerprint density at radius 2 is 1.88 bits per heavy atom. The predicted octanol–water partition coefficient (Wildman–Crippen LogP) is 3.61. The summed E-state index contributed by atoms with van der Waals surface area (Å²) >= 11 is 0. The van der Waals surface area contributed by atoms with Crippen molar-refractivity contribution in [2.45, 2.75) is 26.8 Å². The van der Waals surface area contributed by atoms with E-state index in [2.05, 4.69) is 38.6 Å². The summed E-state index contributed by atoms with van der Waals surface area (Å²) in [5, 5.41) is 14.8. The third-order valence-corrected chi connectivity index (χ3v) is 5.24. The lowest BCUT2D eigenvalue weighted by molar-refractivity contribution is 0.471. The number of fused-ring (bicyclic) bond motifs is 1. The molecule has 164 valence electrons. The monoisotopic (exact) mass is 429 g/mol. The largest absolute Gasteiger partial charge is 0.441 e. The molecule has 5 rings (SSSR count). The summed E-state index contributed by atoms with van der Waals surface area (Å²) in [6.07, 6.45) is 1.42. The lowest BCUT2D eigenvalue weighted by atomic mass is 10.0. The minimum Gasteiger partial charge on any atom is -0.441 e. The van der Waals surface area contributed by atoms with Crippen LogP contribution in [0.3, 0.4) is 0 Å². The van der Waals surface area contributed by atoms with E-state index >= 15 is 0 Å². The number of hydrogen-bond donors (Lipinski definition) is 4. The van der Waals surface area contributed by atoms with Gasteiger partial charge in [0.25, 0.3) is 0 Å². The molecule has 1 aliphatic rings. The van der Waals surface area contributed by atoms with Crippen LogP contribution in [0.1, 0.15) is 28.1 Å². The average Bonchev–Trinajstić information content (AvgIpc) is 3.12. The summed E-state index contributed by atoms with van der Waals surface area (Å²) < 4.78 is 5.44. The minimum atomic E-state index is 0.323. The van der Waals surface area contributed by atoms with E-state index in [1.54, 1.807) is 0 Å². The van der Waals surface area contributed by atoms with Crippen molar-refractivity contribution in [2.75, 3.05) is 24.1 Å². The second-order valence-corrected chi connectivity index (χ2v) is 7.89. The van der Waals surface area contributed by atoms with Crippen molar-refractivity contribution in [3.8, 4) is 0 Å². The van der Waals surface area contributed by atoms with Crippen molar-refractivity contribution >= 4 is 28.4 Å². The van der Waals surface area contributed by atoms with Crippen LogP contribution in [0.5, 0.6) is 0 Å². The number of oxazole rings is 1. The highest BCUT2D eigenvalue weighted by molar-refractivity contribution is 6.16. The maximum absolute atomic E-state index is 8.36. The van der Waals surface area contributed by atoms with Gasteiger partial charge < -0.3 is 20.8 Å². The van der Waals surface area contributed by atoms with Crippen LogP contribution in [0.25, 0.3) is 11.1 Å². The number of hydrogen-bond acceptors (Lipinski definition) is 8. The van der Waals surface area contributed by atoms with Crippen LogP contribution in [-0.2, 0) is 0 Å². The molecule has 0 spiro atoms. The van der Waals surface area contributed by atoms with Gasteiger partial charge in [0, 0.05) is 25.6 Å². The first-order valence-corrected chi connectivity index (χ1v) is 10.5. The maximum Gasteiger partial charge on any atom is 0.192 e. The fraction of sp³-hybridized carbons (Fsp3) is 0.250. The van der Waals surface area contributed by atoms with E-state index in [9.17, 15) is 0 Å². The standard InChI is InChI=1S/C14H16N6.C10H11NO/c15-12(9-4-2-1-3-5-9)11-13(16)18-8-19-14(11)20-10-6-17-7-10;1-6-4-7(2)10-9(5-6)11-8(3)12-10/h1-5,8,10,15,17H,6-7H2,(H3,16,18,19,20);4-5H,1-3H3. The van der Waals surface area contributed by atoms with Crippen molar-refractivity contribution in [3.63, 3.8) is 0 Å². The molecule has 2 aromatic carbocycles. The van der Waals surface area contributed by atoms with Crippen LogP contribution in [0, 0.1) is 26.2 Å². The van der Waals surface area contributed by atoms with Gasteiger partial charge in [-0.3, -0.25) is 5.41 Å². The lowest BCUT2D eigenvalue weighted by Crippen LogP contribution is -2.51. The molecule has 0 aliphatic carbocycles. The summed E-state index contributed by atoms with van der Waals surface area (Å²) in [7, 11) is 0. The molecule has 0 amide bonds. The second-order valence-electron chi connectivity index (χ2n) is 7.89. The number of nitrogen functional groups attached to an aromatic ring is 1. The quantitative estimate of drug-likeness (QED) is 0.365. The van der Waals surface area contributed by atoms with E-state index in [1.165, 1.54) is 11.9 Å². The molecular formula is C24H27N7O. The summed E-state index contributed by atoms with van der Waals surface area (Å²) in [5.41, 5.74) is 11.9. The van der Waals surface area contributed by atoms with Gasteiger partial charge in [-0.15, -0.1) is 0 Å². The average molecular weight is 430 g/mol. The molecule has 32 heavy (non-hydrogen) atoms. The van der Waals surface area contributed by atoms with Gasteiger partial charge in [0.05, 0.1) is 17.3 Å². The van der Waals surface area contributed by atoms with Crippen LogP contribution in [0.4, 0.5) is 11.6 Å². The highest BCUT2D eigenvalue weighted by Crippen LogP contribution is 2.23. The molecule has 0 radical (unpaired) electrons. The van der Waals surface area contributed by atoms with Gasteiger partial charge >= 0.3 is 0 Å². The van der Waals surface area contributed by atoms with Crippen LogP contribution >= 0.6 is 0 Å². The molecule has 8 heteroatoms. The molecule has 1 aliphatic heterocycles. The first-order valence-electron chi connectivity index (χ1n) is 10.5. The lowest BCUT2D eigenvalue weighted by Gasteiger charge is -2.29. The van der Waals surface area contributed by atoms with Gasteiger partial charge in [0.15, 0.2) is 11.5 Å². The number of aryl methyl sites for hydroxylation is 3. The zero-order valence-corrected chi connectivity index (χ0v) is 18.4. The van der Waals surface area contributed by atoms with Crippen molar-refractivity contribution in [1.82, 2.24) is 20.3 Å². The smallest absolute Gasteiger partial charge is 0.192 e. The van der Waals surface area contributed by atoms with Crippen LogP contribution in [0.15, 0.2) is 53.2 Å². The van der Waals surface area contributed by atoms with E-state index < -0.39 is 0 Å². The van der Waals surface area contributed by atoms with Gasteiger partial charge in [-0.05, 0) is 31.0 Å². The summed E-state index contributed by atoms with van der Waals surface area (Å²) in [6, 6.07) is 13.9. The molecule has 1 fully saturated rings. The van der Waals surface area contributed by atoms with E-state index in [4.69, 9.17) is 15.6 Å². The number of anilines is 2. The predicted molar refractivity (Wildman–Crippen MR) is 127 cm³/mol. The Morgan fingerprint density at radius 3 is 2.56 bits per heavy atom. The minimum absolute atomic E-state index is 0.323. The molecule has 8 nitrogen and oxygen atoms in total. The fourth-order valence-corrected chi connectivity index (χ4v) is 3.58. The second kappa shape index (κ2) is 9.15. The van der Waals surface area contributed by atoms with Crippen molar-refractivity contribution in [1.29, 1.82) is 5.41 Å². The Labute approximate surface area is 186 Å².